The fourth-order valence-corrected chi connectivity index (χ4v) is 2.15. The van der Waals surface area contributed by atoms with Crippen molar-refractivity contribution in [3.05, 3.63) is 44.1 Å². The van der Waals surface area contributed by atoms with Crippen molar-refractivity contribution in [2.45, 2.75) is 13.1 Å². The Morgan fingerprint density at radius 2 is 1.84 bits per heavy atom. The van der Waals surface area contributed by atoms with Crippen LogP contribution in [0.1, 0.15) is 11.3 Å². The standard InChI is InChI=1S/C11H7Cl2F3N2S/c1-5-9(11(14,15)16)17-18(10(5)19)6-2-3-7(12)8(13)4-6/h2-4,17H,1H3. The van der Waals surface area contributed by atoms with Gasteiger partial charge in [0.15, 0.2) is 0 Å². The number of H-pyrrole nitrogens is 1. The number of halogens is 5. The monoisotopic (exact) mass is 326 g/mol. The summed E-state index contributed by atoms with van der Waals surface area (Å²) in [4.78, 5) is 0. The molecule has 0 amide bonds. The van der Waals surface area contributed by atoms with Gasteiger partial charge < -0.3 is 0 Å². The minimum Gasteiger partial charge on any atom is -0.288 e. The molecule has 1 aromatic heterocycles. The number of nitrogens with zero attached hydrogens (tertiary/aromatic N) is 1. The van der Waals surface area contributed by atoms with Crippen LogP contribution in [0.15, 0.2) is 18.2 Å². The molecule has 0 radical (unpaired) electrons. The molecule has 2 nitrogen and oxygen atoms in total. The molecule has 2 aromatic rings. The van der Waals surface area contributed by atoms with Gasteiger partial charge >= 0.3 is 6.18 Å². The lowest BCUT2D eigenvalue weighted by molar-refractivity contribution is -0.141. The zero-order chi connectivity index (χ0) is 14.4. The second-order valence-corrected chi connectivity index (χ2v) is 5.05. The minimum atomic E-state index is -4.49. The Labute approximate surface area is 121 Å². The largest absolute Gasteiger partial charge is 0.433 e. The molecule has 8 heteroatoms. The molecular formula is C11H7Cl2F3N2S. The van der Waals surface area contributed by atoms with E-state index >= 15 is 0 Å². The maximum Gasteiger partial charge on any atom is 0.433 e. The molecule has 0 aliphatic carbocycles. The second kappa shape index (κ2) is 4.85. The topological polar surface area (TPSA) is 20.7 Å². The van der Waals surface area contributed by atoms with Crippen LogP contribution in [0.2, 0.25) is 10.0 Å². The summed E-state index contributed by atoms with van der Waals surface area (Å²) in [7, 11) is 0. The molecule has 1 aromatic carbocycles. The molecule has 0 saturated heterocycles. The van der Waals surface area contributed by atoms with Crippen molar-refractivity contribution in [3.8, 4) is 5.69 Å². The van der Waals surface area contributed by atoms with Gasteiger partial charge in [0.25, 0.3) is 0 Å². The van der Waals surface area contributed by atoms with E-state index in [0.29, 0.717) is 10.7 Å². The molecule has 19 heavy (non-hydrogen) atoms. The molecule has 0 saturated carbocycles. The Morgan fingerprint density at radius 3 is 2.32 bits per heavy atom. The summed E-state index contributed by atoms with van der Waals surface area (Å²) in [6.45, 7) is 1.32. The van der Waals surface area contributed by atoms with Crippen LogP contribution >= 0.6 is 35.4 Å². The summed E-state index contributed by atoms with van der Waals surface area (Å²) >= 11 is 16.6. The Kier molecular flexibility index (Phi) is 3.68. The highest BCUT2D eigenvalue weighted by Crippen LogP contribution is 2.32. The van der Waals surface area contributed by atoms with Gasteiger partial charge in [-0.3, -0.25) is 5.10 Å². The zero-order valence-corrected chi connectivity index (χ0v) is 11.8. The first-order chi connectivity index (χ1) is 8.71. The van der Waals surface area contributed by atoms with E-state index in [9.17, 15) is 13.2 Å². The van der Waals surface area contributed by atoms with E-state index < -0.39 is 11.9 Å². The SMILES string of the molecule is Cc1c(C(F)(F)F)[nH]n(-c2ccc(Cl)c(Cl)c2)c1=S. The summed E-state index contributed by atoms with van der Waals surface area (Å²) in [5.74, 6) is 0. The van der Waals surface area contributed by atoms with Crippen LogP contribution in [-0.2, 0) is 6.18 Å². The van der Waals surface area contributed by atoms with E-state index in [1.807, 2.05) is 0 Å². The molecule has 0 bridgehead atoms. The summed E-state index contributed by atoms with van der Waals surface area (Å²) in [5.41, 5.74) is -0.518. The summed E-state index contributed by atoms with van der Waals surface area (Å²) in [6.07, 6.45) is -4.49. The van der Waals surface area contributed by atoms with Crippen LogP contribution in [0.5, 0.6) is 0 Å². The van der Waals surface area contributed by atoms with Crippen LogP contribution in [-0.4, -0.2) is 9.78 Å². The van der Waals surface area contributed by atoms with Crippen LogP contribution in [0, 0.1) is 11.6 Å². The number of rotatable bonds is 1. The van der Waals surface area contributed by atoms with Crippen LogP contribution in [0.4, 0.5) is 13.2 Å². The van der Waals surface area contributed by atoms with Gasteiger partial charge in [0.2, 0.25) is 0 Å². The maximum absolute atomic E-state index is 12.8. The highest BCUT2D eigenvalue weighted by atomic mass is 35.5. The molecule has 102 valence electrons. The summed E-state index contributed by atoms with van der Waals surface area (Å²) < 4.78 is 39.5. The number of aromatic nitrogens is 2. The van der Waals surface area contributed by atoms with Gasteiger partial charge in [0.1, 0.15) is 10.3 Å². The van der Waals surface area contributed by atoms with Crippen molar-refractivity contribution in [2.75, 3.05) is 0 Å². The third kappa shape index (κ3) is 2.66. The Bertz CT molecular complexity index is 688. The molecular weight excluding hydrogens is 320 g/mol. The van der Waals surface area contributed by atoms with E-state index in [1.165, 1.54) is 25.1 Å². The van der Waals surface area contributed by atoms with Crippen molar-refractivity contribution in [1.82, 2.24) is 9.78 Å². The predicted molar refractivity (Wildman–Crippen MR) is 70.7 cm³/mol. The molecule has 2 rings (SSSR count). The van der Waals surface area contributed by atoms with Crippen LogP contribution in [0.25, 0.3) is 5.69 Å². The second-order valence-electron chi connectivity index (χ2n) is 3.85. The lowest BCUT2D eigenvalue weighted by Gasteiger charge is -2.06. The van der Waals surface area contributed by atoms with E-state index in [1.54, 1.807) is 0 Å². The lowest BCUT2D eigenvalue weighted by atomic mass is 10.3. The third-order valence-electron chi connectivity index (χ3n) is 2.57. The number of alkyl halides is 3. The molecule has 1 heterocycles. The highest BCUT2D eigenvalue weighted by Gasteiger charge is 2.35. The van der Waals surface area contributed by atoms with E-state index in [0.717, 1.165) is 4.68 Å². The fourth-order valence-electron chi connectivity index (χ4n) is 1.60. The van der Waals surface area contributed by atoms with E-state index in [-0.39, 0.29) is 15.2 Å². The molecule has 0 spiro atoms. The van der Waals surface area contributed by atoms with Gasteiger partial charge in [-0.25, -0.2) is 4.68 Å². The van der Waals surface area contributed by atoms with Crippen molar-refractivity contribution in [1.29, 1.82) is 0 Å². The van der Waals surface area contributed by atoms with Crippen molar-refractivity contribution in [2.24, 2.45) is 0 Å². The number of aromatic amines is 1. The smallest absolute Gasteiger partial charge is 0.288 e. The number of hydrogen-bond acceptors (Lipinski definition) is 1. The first kappa shape index (κ1) is 14.4. The fraction of sp³-hybridized carbons (Fsp3) is 0.182. The van der Waals surface area contributed by atoms with E-state index in [2.05, 4.69) is 5.10 Å². The van der Waals surface area contributed by atoms with Crippen molar-refractivity contribution < 1.29 is 13.2 Å². The van der Waals surface area contributed by atoms with Gasteiger partial charge in [0, 0.05) is 5.56 Å². The van der Waals surface area contributed by atoms with Gasteiger partial charge in [-0.2, -0.15) is 13.2 Å². The molecule has 0 aliphatic heterocycles. The summed E-state index contributed by atoms with van der Waals surface area (Å²) in [6, 6.07) is 4.46. The molecule has 0 unspecified atom stereocenters. The van der Waals surface area contributed by atoms with Crippen LogP contribution in [0.3, 0.4) is 0 Å². The van der Waals surface area contributed by atoms with Crippen LogP contribution < -0.4 is 0 Å². The molecule has 1 N–H and O–H groups in total. The zero-order valence-electron chi connectivity index (χ0n) is 9.48. The highest BCUT2D eigenvalue weighted by molar-refractivity contribution is 7.71. The van der Waals surface area contributed by atoms with Crippen molar-refractivity contribution >= 4 is 35.4 Å². The van der Waals surface area contributed by atoms with Gasteiger partial charge in [0.05, 0.1) is 15.7 Å². The number of benzene rings is 1. The first-order valence-electron chi connectivity index (χ1n) is 5.06. The average Bonchev–Trinajstić information content (AvgIpc) is 2.60. The Morgan fingerprint density at radius 1 is 1.21 bits per heavy atom. The quantitative estimate of drug-likeness (QED) is 0.717. The van der Waals surface area contributed by atoms with Gasteiger partial charge in [-0.05, 0) is 25.1 Å². The van der Waals surface area contributed by atoms with Gasteiger partial charge in [-0.15, -0.1) is 0 Å². The van der Waals surface area contributed by atoms with E-state index in [4.69, 9.17) is 35.4 Å². The lowest BCUT2D eigenvalue weighted by Crippen LogP contribution is -2.08. The first-order valence-corrected chi connectivity index (χ1v) is 6.22. The van der Waals surface area contributed by atoms with Gasteiger partial charge in [-0.1, -0.05) is 35.4 Å². The normalized spacial score (nSPS) is 11.9. The average molecular weight is 327 g/mol. The Hall–Kier alpha value is -0.980. The summed E-state index contributed by atoms with van der Waals surface area (Å²) in [5, 5.41) is 2.79. The maximum atomic E-state index is 12.8. The number of nitrogens with one attached hydrogen (secondary N) is 1. The minimum absolute atomic E-state index is 0.0337. The Balaban J connectivity index is 2.64. The number of hydrogen-bond donors (Lipinski definition) is 1. The third-order valence-corrected chi connectivity index (χ3v) is 3.80. The molecule has 0 atom stereocenters. The molecule has 0 aliphatic rings. The molecule has 0 fully saturated rings. The predicted octanol–water partition coefficient (Wildman–Crippen LogP) is 5.17. The van der Waals surface area contributed by atoms with Crippen molar-refractivity contribution in [3.63, 3.8) is 0 Å².